The Balaban J connectivity index is 1.68. The highest BCUT2D eigenvalue weighted by Crippen LogP contribution is 2.38. The van der Waals surface area contributed by atoms with Gasteiger partial charge in [0.2, 0.25) is 11.6 Å². The number of nitriles is 1. The van der Waals surface area contributed by atoms with Crippen molar-refractivity contribution in [2.75, 3.05) is 13.7 Å². The number of fused-ring (bicyclic) bond motifs is 2. The summed E-state index contributed by atoms with van der Waals surface area (Å²) in [6, 6.07) is 18.5. The quantitative estimate of drug-likeness (QED) is 0.145. The van der Waals surface area contributed by atoms with E-state index >= 15 is 0 Å². The second-order valence-electron chi connectivity index (χ2n) is 7.88. The number of nitrogens with zero attached hydrogens (tertiary/aromatic N) is 5. The summed E-state index contributed by atoms with van der Waals surface area (Å²) in [5.41, 5.74) is 0.413. The van der Waals surface area contributed by atoms with Crippen LogP contribution in [-0.2, 0) is 0 Å². The summed E-state index contributed by atoms with van der Waals surface area (Å²) in [4.78, 5) is 29.1. The summed E-state index contributed by atoms with van der Waals surface area (Å²) in [5.74, 6) is 0.299. The molecule has 2 heterocycles. The van der Waals surface area contributed by atoms with Crippen molar-refractivity contribution in [2.45, 2.75) is 0 Å². The van der Waals surface area contributed by atoms with Crippen LogP contribution in [0, 0.1) is 21.4 Å². The molecule has 0 unspecified atom stereocenters. The molecule has 0 amide bonds. The van der Waals surface area contributed by atoms with E-state index in [4.69, 9.17) is 19.2 Å². The second-order valence-corrected chi connectivity index (χ2v) is 8.80. The molecule has 188 valence electrons. The summed E-state index contributed by atoms with van der Waals surface area (Å²) in [7, 11) is 1.31. The van der Waals surface area contributed by atoms with Crippen LogP contribution < -0.4 is 15.0 Å². The smallest absolute Gasteiger partial charge is 0.315 e. The molecule has 5 rings (SSSR count). The Morgan fingerprint density at radius 2 is 2.05 bits per heavy atom. The van der Waals surface area contributed by atoms with Crippen LogP contribution in [0.3, 0.4) is 0 Å². The van der Waals surface area contributed by atoms with E-state index in [-0.39, 0.29) is 22.9 Å². The molecular formula is C26H16BrN5O6. The van der Waals surface area contributed by atoms with E-state index < -0.39 is 22.8 Å². The molecular weight excluding hydrogens is 558 g/mol. The van der Waals surface area contributed by atoms with E-state index in [9.17, 15) is 14.9 Å². The molecule has 0 N–H and O–H groups in total. The largest absolute Gasteiger partial charge is 0.493 e. The molecule has 38 heavy (non-hydrogen) atoms. The fourth-order valence-corrected chi connectivity index (χ4v) is 4.24. The number of nitro groups is 1. The number of aromatic nitrogens is 2. The number of nitro benzene ring substituents is 1. The Labute approximate surface area is 222 Å². The minimum atomic E-state index is -0.658. The van der Waals surface area contributed by atoms with Crippen molar-refractivity contribution in [3.8, 4) is 29.2 Å². The molecule has 0 radical (unpaired) electrons. The van der Waals surface area contributed by atoms with Crippen LogP contribution in [0.2, 0.25) is 0 Å². The minimum absolute atomic E-state index is 0.0305. The predicted molar refractivity (Wildman–Crippen MR) is 143 cm³/mol. The third-order valence-electron chi connectivity index (χ3n) is 5.53. The van der Waals surface area contributed by atoms with Crippen LogP contribution in [0.5, 0.6) is 11.5 Å². The first kappa shape index (κ1) is 24.7. The van der Waals surface area contributed by atoms with Crippen molar-refractivity contribution in [1.82, 2.24) is 9.66 Å². The number of rotatable bonds is 7. The van der Waals surface area contributed by atoms with Gasteiger partial charge in [-0.25, -0.2) is 4.98 Å². The zero-order chi connectivity index (χ0) is 26.8. The van der Waals surface area contributed by atoms with Gasteiger partial charge in [0.05, 0.1) is 29.2 Å². The normalized spacial score (nSPS) is 11.2. The number of para-hydroxylation sites is 1. The van der Waals surface area contributed by atoms with Gasteiger partial charge in [-0.1, -0.05) is 28.1 Å². The number of benzene rings is 3. The molecule has 5 aromatic rings. The van der Waals surface area contributed by atoms with Gasteiger partial charge in [0.1, 0.15) is 11.7 Å². The molecule has 0 aliphatic heterocycles. The number of furan rings is 1. The number of halogens is 1. The third-order valence-corrected chi connectivity index (χ3v) is 6.02. The van der Waals surface area contributed by atoms with E-state index in [0.717, 1.165) is 14.5 Å². The summed E-state index contributed by atoms with van der Waals surface area (Å²) in [6.45, 7) is -0.403. The number of ether oxygens (including phenoxy) is 2. The average molecular weight is 574 g/mol. The maximum absolute atomic E-state index is 13.5. The molecule has 11 nitrogen and oxygen atoms in total. The molecule has 0 atom stereocenters. The van der Waals surface area contributed by atoms with Gasteiger partial charge >= 0.3 is 5.69 Å². The highest BCUT2D eigenvalue weighted by molar-refractivity contribution is 9.10. The highest BCUT2D eigenvalue weighted by atomic mass is 79.9. The van der Waals surface area contributed by atoms with E-state index in [1.54, 1.807) is 42.5 Å². The standard InChI is InChI=1S/C26H16BrN5O6/c1-36-22-11-15(10-20(32(34)35)24(22)37-9-8-28)14-29-31-25(30-19-5-3-2-4-18(19)26(31)33)23-13-16-12-17(27)6-7-21(16)38-23/h2-7,10-14H,9H2,1H3. The summed E-state index contributed by atoms with van der Waals surface area (Å²) in [5, 5.41) is 26.0. The first-order valence-corrected chi connectivity index (χ1v) is 11.8. The molecule has 3 aromatic carbocycles. The second kappa shape index (κ2) is 10.2. The monoisotopic (exact) mass is 573 g/mol. The molecule has 12 heteroatoms. The summed E-state index contributed by atoms with van der Waals surface area (Å²) in [6.07, 6.45) is 1.27. The van der Waals surface area contributed by atoms with Crippen molar-refractivity contribution in [1.29, 1.82) is 5.26 Å². The van der Waals surface area contributed by atoms with Crippen molar-refractivity contribution in [3.05, 3.63) is 91.2 Å². The zero-order valence-corrected chi connectivity index (χ0v) is 21.2. The van der Waals surface area contributed by atoms with Gasteiger partial charge in [-0.05, 0) is 42.5 Å². The topological polar surface area (TPSA) is 146 Å². The van der Waals surface area contributed by atoms with Gasteiger partial charge < -0.3 is 13.9 Å². The molecule has 0 bridgehead atoms. The Hall–Kier alpha value is -5.02. The molecule has 0 fully saturated rings. The summed E-state index contributed by atoms with van der Waals surface area (Å²) >= 11 is 3.43. The molecule has 0 saturated carbocycles. The van der Waals surface area contributed by atoms with E-state index in [1.807, 2.05) is 12.1 Å². The lowest BCUT2D eigenvalue weighted by Crippen LogP contribution is -2.20. The molecule has 0 spiro atoms. The minimum Gasteiger partial charge on any atom is -0.493 e. The van der Waals surface area contributed by atoms with Crippen LogP contribution in [0.4, 0.5) is 5.69 Å². The van der Waals surface area contributed by atoms with Gasteiger partial charge in [-0.3, -0.25) is 14.9 Å². The number of hydrogen-bond donors (Lipinski definition) is 0. The fraction of sp³-hybridized carbons (Fsp3) is 0.0769. The van der Waals surface area contributed by atoms with Crippen LogP contribution in [0.25, 0.3) is 33.5 Å². The molecule has 0 aliphatic carbocycles. The van der Waals surface area contributed by atoms with Crippen LogP contribution >= 0.6 is 15.9 Å². The Morgan fingerprint density at radius 1 is 1.24 bits per heavy atom. The Morgan fingerprint density at radius 3 is 2.82 bits per heavy atom. The van der Waals surface area contributed by atoms with E-state index in [1.165, 1.54) is 25.5 Å². The van der Waals surface area contributed by atoms with E-state index in [2.05, 4.69) is 26.0 Å². The lowest BCUT2D eigenvalue weighted by Gasteiger charge is -2.10. The van der Waals surface area contributed by atoms with Crippen molar-refractivity contribution < 1.29 is 18.8 Å². The predicted octanol–water partition coefficient (Wildman–Crippen LogP) is 5.27. The van der Waals surface area contributed by atoms with Gasteiger partial charge in [-0.2, -0.15) is 15.0 Å². The Bertz CT molecular complexity index is 1850. The molecule has 0 aliphatic rings. The van der Waals surface area contributed by atoms with Gasteiger partial charge in [-0.15, -0.1) is 0 Å². The zero-order valence-electron chi connectivity index (χ0n) is 19.6. The number of methoxy groups -OCH3 is 1. The highest BCUT2D eigenvalue weighted by Gasteiger charge is 2.22. The Kier molecular flexibility index (Phi) is 6.59. The molecule has 2 aromatic heterocycles. The third kappa shape index (κ3) is 4.58. The average Bonchev–Trinajstić information content (AvgIpc) is 3.34. The maximum Gasteiger partial charge on any atom is 0.315 e. The molecule has 0 saturated heterocycles. The first-order chi connectivity index (χ1) is 18.4. The fourth-order valence-electron chi connectivity index (χ4n) is 3.86. The van der Waals surface area contributed by atoms with Crippen LogP contribution in [0.15, 0.2) is 79.4 Å². The van der Waals surface area contributed by atoms with Gasteiger partial charge in [0, 0.05) is 21.5 Å². The lowest BCUT2D eigenvalue weighted by atomic mass is 10.2. The number of hydrogen-bond acceptors (Lipinski definition) is 9. The summed E-state index contributed by atoms with van der Waals surface area (Å²) < 4.78 is 18.4. The van der Waals surface area contributed by atoms with Crippen molar-refractivity contribution in [2.24, 2.45) is 5.10 Å². The van der Waals surface area contributed by atoms with Crippen molar-refractivity contribution in [3.63, 3.8) is 0 Å². The van der Waals surface area contributed by atoms with E-state index in [0.29, 0.717) is 22.2 Å². The first-order valence-electron chi connectivity index (χ1n) is 11.0. The van der Waals surface area contributed by atoms with Crippen LogP contribution in [-0.4, -0.2) is 34.5 Å². The van der Waals surface area contributed by atoms with Crippen molar-refractivity contribution >= 4 is 49.7 Å². The van der Waals surface area contributed by atoms with Gasteiger partial charge in [0.25, 0.3) is 5.56 Å². The lowest BCUT2D eigenvalue weighted by molar-refractivity contribution is -0.385. The van der Waals surface area contributed by atoms with Gasteiger partial charge in [0.15, 0.2) is 18.1 Å². The van der Waals surface area contributed by atoms with Crippen LogP contribution in [0.1, 0.15) is 5.56 Å². The SMILES string of the molecule is COc1cc(C=Nn2c(-c3cc4cc(Br)ccc4o3)nc3ccccc3c2=O)cc([N+](=O)[O-])c1OCC#N. The maximum atomic E-state index is 13.5.